The van der Waals surface area contributed by atoms with E-state index in [-0.39, 0.29) is 6.54 Å². The molecule has 0 aromatic carbocycles. The molecule has 16 heavy (non-hydrogen) atoms. The van der Waals surface area contributed by atoms with Crippen molar-refractivity contribution in [3.8, 4) is 0 Å². The Labute approximate surface area is 89.7 Å². The number of halogens is 3. The molecular formula is C8H11F3N4O. The lowest BCUT2D eigenvalue weighted by molar-refractivity contribution is -0.148. The van der Waals surface area contributed by atoms with Crippen molar-refractivity contribution in [2.45, 2.75) is 25.6 Å². The first-order chi connectivity index (χ1) is 7.38. The van der Waals surface area contributed by atoms with E-state index in [1.807, 2.05) is 0 Å². The number of amides is 1. The molecule has 1 heterocycles. The number of aromatic nitrogens is 3. The first-order valence-corrected chi connectivity index (χ1v) is 4.53. The van der Waals surface area contributed by atoms with E-state index in [9.17, 15) is 18.0 Å². The minimum atomic E-state index is -4.30. The second-order valence-corrected chi connectivity index (χ2v) is 3.30. The molecule has 0 aliphatic rings. The van der Waals surface area contributed by atoms with Gasteiger partial charge in [0, 0.05) is 13.5 Å². The van der Waals surface area contributed by atoms with Gasteiger partial charge in [0.25, 0.3) is 0 Å². The smallest absolute Gasteiger partial charge is 0.338 e. The lowest BCUT2D eigenvalue weighted by Crippen LogP contribution is -2.27. The summed E-state index contributed by atoms with van der Waals surface area (Å²) in [6.45, 7) is 0.122. The number of nitrogens with one attached hydrogen (secondary N) is 1. The summed E-state index contributed by atoms with van der Waals surface area (Å²) in [5, 5.41) is 6.08. The number of carbonyl (C=O) groups is 1. The summed E-state index contributed by atoms with van der Waals surface area (Å²) in [5.41, 5.74) is 0. The Bertz CT molecular complexity index is 336. The lowest BCUT2D eigenvalue weighted by Gasteiger charge is -2.15. The molecule has 1 amide bonds. The molecule has 0 aliphatic carbocycles. The molecule has 8 heteroatoms. The number of hydrogen-bond acceptors (Lipinski definition) is 3. The van der Waals surface area contributed by atoms with Crippen LogP contribution in [0.15, 0.2) is 6.33 Å². The first-order valence-electron chi connectivity index (χ1n) is 4.53. The van der Waals surface area contributed by atoms with Crippen LogP contribution in [-0.4, -0.2) is 39.2 Å². The fourth-order valence-electron chi connectivity index (χ4n) is 1.06. The number of carbonyl (C=O) groups excluding carboxylic acids is 1. The highest BCUT2D eigenvalue weighted by atomic mass is 19.4. The third-order valence-electron chi connectivity index (χ3n) is 1.90. The fraction of sp³-hybridized carbons (Fsp3) is 0.625. The Morgan fingerprint density at radius 2 is 2.25 bits per heavy atom. The van der Waals surface area contributed by atoms with E-state index in [0.29, 0.717) is 5.82 Å². The highest BCUT2D eigenvalue weighted by Gasteiger charge is 2.28. The van der Waals surface area contributed by atoms with Gasteiger partial charge in [-0.15, -0.1) is 0 Å². The quantitative estimate of drug-likeness (QED) is 0.851. The van der Waals surface area contributed by atoms with Crippen LogP contribution in [0.25, 0.3) is 0 Å². The zero-order chi connectivity index (χ0) is 12.2. The van der Waals surface area contributed by atoms with Crippen LogP contribution in [0.1, 0.15) is 18.7 Å². The van der Waals surface area contributed by atoms with Gasteiger partial charge in [0.2, 0.25) is 5.91 Å². The molecule has 0 bridgehead atoms. The highest BCUT2D eigenvalue weighted by molar-refractivity contribution is 5.75. The van der Waals surface area contributed by atoms with Gasteiger partial charge in [0.1, 0.15) is 12.2 Å². The molecule has 1 aromatic heterocycles. The van der Waals surface area contributed by atoms with Crippen LogP contribution in [0.3, 0.4) is 0 Å². The summed E-state index contributed by atoms with van der Waals surface area (Å²) in [4.78, 5) is 16.2. The van der Waals surface area contributed by atoms with Crippen LogP contribution in [0.2, 0.25) is 0 Å². The zero-order valence-corrected chi connectivity index (χ0v) is 8.58. The molecule has 0 radical (unpaired) electrons. The van der Waals surface area contributed by atoms with E-state index in [1.54, 1.807) is 0 Å². The van der Waals surface area contributed by atoms with Gasteiger partial charge in [-0.2, -0.15) is 18.3 Å². The van der Waals surface area contributed by atoms with Crippen molar-refractivity contribution in [3.05, 3.63) is 12.2 Å². The number of nitrogens with zero attached hydrogens (tertiary/aromatic N) is 3. The van der Waals surface area contributed by atoms with Gasteiger partial charge < -0.3 is 4.90 Å². The maximum Gasteiger partial charge on any atom is 0.389 e. The van der Waals surface area contributed by atoms with Crippen LogP contribution in [0.5, 0.6) is 0 Å². The normalized spacial score (nSPS) is 11.5. The van der Waals surface area contributed by atoms with Gasteiger partial charge >= 0.3 is 6.18 Å². The molecule has 1 rings (SSSR count). The molecule has 90 valence electrons. The maximum atomic E-state index is 11.9. The minimum absolute atomic E-state index is 0.122. The van der Waals surface area contributed by atoms with Gasteiger partial charge in [-0.25, -0.2) is 4.98 Å². The molecule has 0 atom stereocenters. The number of alkyl halides is 3. The van der Waals surface area contributed by atoms with Crippen LogP contribution < -0.4 is 0 Å². The molecule has 5 nitrogen and oxygen atoms in total. The Morgan fingerprint density at radius 1 is 1.56 bits per heavy atom. The van der Waals surface area contributed by atoms with E-state index >= 15 is 0 Å². The summed E-state index contributed by atoms with van der Waals surface area (Å²) in [6.07, 6.45) is -4.69. The average molecular weight is 236 g/mol. The molecule has 0 spiro atoms. The summed E-state index contributed by atoms with van der Waals surface area (Å²) in [7, 11) is 1.42. The Hall–Kier alpha value is -1.60. The monoisotopic (exact) mass is 236 g/mol. The first kappa shape index (κ1) is 12.5. The van der Waals surface area contributed by atoms with Crippen molar-refractivity contribution in [2.24, 2.45) is 0 Å². The predicted octanol–water partition coefficient (Wildman–Crippen LogP) is 1.11. The topological polar surface area (TPSA) is 61.9 Å². The van der Waals surface area contributed by atoms with Gasteiger partial charge in [-0.1, -0.05) is 0 Å². The number of aromatic amines is 1. The molecular weight excluding hydrogens is 225 g/mol. The number of hydrogen-bond donors (Lipinski definition) is 1. The fourth-order valence-corrected chi connectivity index (χ4v) is 1.06. The molecule has 0 unspecified atom stereocenters. The van der Waals surface area contributed by atoms with E-state index in [1.165, 1.54) is 18.3 Å². The second-order valence-electron chi connectivity index (χ2n) is 3.30. The van der Waals surface area contributed by atoms with Crippen molar-refractivity contribution in [1.82, 2.24) is 20.1 Å². The SMILES string of the molecule is CN(Cc1ncn[nH]1)C(=O)CCC(F)(F)F. The largest absolute Gasteiger partial charge is 0.389 e. The number of H-pyrrole nitrogens is 1. The van der Waals surface area contributed by atoms with E-state index in [4.69, 9.17) is 0 Å². The molecule has 1 N–H and O–H groups in total. The summed E-state index contributed by atoms with van der Waals surface area (Å²) in [5.74, 6) is -0.142. The van der Waals surface area contributed by atoms with E-state index in [2.05, 4.69) is 15.2 Å². The molecule has 0 aliphatic heterocycles. The zero-order valence-electron chi connectivity index (χ0n) is 8.58. The summed E-state index contributed by atoms with van der Waals surface area (Å²) in [6, 6.07) is 0. The third-order valence-corrected chi connectivity index (χ3v) is 1.90. The summed E-state index contributed by atoms with van der Waals surface area (Å²) >= 11 is 0. The van der Waals surface area contributed by atoms with E-state index < -0.39 is 24.9 Å². The van der Waals surface area contributed by atoms with Crippen molar-refractivity contribution in [1.29, 1.82) is 0 Å². The van der Waals surface area contributed by atoms with Gasteiger partial charge in [-0.05, 0) is 0 Å². The molecule has 0 fully saturated rings. The maximum absolute atomic E-state index is 11.9. The predicted molar refractivity (Wildman–Crippen MR) is 48.1 cm³/mol. The van der Waals surface area contributed by atoms with Gasteiger partial charge in [0.15, 0.2) is 0 Å². The summed E-state index contributed by atoms with van der Waals surface area (Å²) < 4.78 is 35.6. The van der Waals surface area contributed by atoms with Crippen molar-refractivity contribution in [2.75, 3.05) is 7.05 Å². The van der Waals surface area contributed by atoms with Crippen LogP contribution in [0, 0.1) is 0 Å². The molecule has 1 aromatic rings. The standard InChI is InChI=1S/C8H11F3N4O/c1-15(4-6-12-5-13-14-6)7(16)2-3-8(9,10)11/h5H,2-4H2,1H3,(H,12,13,14). The molecule has 0 saturated carbocycles. The van der Waals surface area contributed by atoms with Crippen molar-refractivity contribution in [3.63, 3.8) is 0 Å². The Morgan fingerprint density at radius 3 is 2.75 bits per heavy atom. The van der Waals surface area contributed by atoms with Crippen LogP contribution >= 0.6 is 0 Å². The Kier molecular flexibility index (Phi) is 3.86. The highest BCUT2D eigenvalue weighted by Crippen LogP contribution is 2.21. The minimum Gasteiger partial charge on any atom is -0.338 e. The third kappa shape index (κ3) is 4.28. The second kappa shape index (κ2) is 4.95. The van der Waals surface area contributed by atoms with Crippen molar-refractivity contribution < 1.29 is 18.0 Å². The van der Waals surface area contributed by atoms with Crippen LogP contribution in [-0.2, 0) is 11.3 Å². The number of rotatable bonds is 4. The lowest BCUT2D eigenvalue weighted by atomic mass is 10.3. The van der Waals surface area contributed by atoms with Gasteiger partial charge in [0.05, 0.1) is 13.0 Å². The van der Waals surface area contributed by atoms with E-state index in [0.717, 1.165) is 0 Å². The molecule has 0 saturated heterocycles. The average Bonchev–Trinajstić information content (AvgIpc) is 2.65. The Balaban J connectivity index is 2.37. The van der Waals surface area contributed by atoms with Gasteiger partial charge in [-0.3, -0.25) is 9.89 Å². The van der Waals surface area contributed by atoms with Crippen molar-refractivity contribution >= 4 is 5.91 Å². The van der Waals surface area contributed by atoms with Crippen LogP contribution in [0.4, 0.5) is 13.2 Å².